The number of carbonyl (C=O) groups excluding carboxylic acids is 2. The molecule has 7 heteroatoms. The van der Waals surface area contributed by atoms with Crippen molar-refractivity contribution in [2.24, 2.45) is 0 Å². The Balaban J connectivity index is 2.50. The number of nitrogens with one attached hydrogen (secondary N) is 1. The van der Waals surface area contributed by atoms with E-state index in [0.29, 0.717) is 11.5 Å². The number of thiophene rings is 1. The van der Waals surface area contributed by atoms with Gasteiger partial charge in [0.15, 0.2) is 0 Å². The van der Waals surface area contributed by atoms with Gasteiger partial charge in [-0.25, -0.2) is 0 Å². The standard InChI is InChI=1S/C9H9Br2NO3S/c1-2-15-7(13)4-12-9(14)6-3-5(10)8(11)16-6/h3H,2,4H2,1H3,(H,12,14). The number of ether oxygens (including phenoxy) is 1. The molecule has 4 nitrogen and oxygen atoms in total. The minimum Gasteiger partial charge on any atom is -0.465 e. The second-order valence-electron chi connectivity index (χ2n) is 2.72. The van der Waals surface area contributed by atoms with Crippen molar-refractivity contribution in [2.75, 3.05) is 13.2 Å². The number of esters is 1. The zero-order valence-corrected chi connectivity index (χ0v) is 12.4. The summed E-state index contributed by atoms with van der Waals surface area (Å²) in [4.78, 5) is 23.1. The first-order valence-electron chi connectivity index (χ1n) is 4.43. The number of halogens is 2. The molecule has 88 valence electrons. The van der Waals surface area contributed by atoms with Crippen LogP contribution in [0.4, 0.5) is 0 Å². The van der Waals surface area contributed by atoms with Crippen LogP contribution >= 0.6 is 43.2 Å². The van der Waals surface area contributed by atoms with Gasteiger partial charge in [0.05, 0.1) is 15.3 Å². The van der Waals surface area contributed by atoms with E-state index in [2.05, 4.69) is 41.9 Å². The van der Waals surface area contributed by atoms with Crippen molar-refractivity contribution in [3.63, 3.8) is 0 Å². The van der Waals surface area contributed by atoms with Crippen molar-refractivity contribution in [2.45, 2.75) is 6.92 Å². The zero-order chi connectivity index (χ0) is 12.1. The zero-order valence-electron chi connectivity index (χ0n) is 8.38. The number of amides is 1. The summed E-state index contributed by atoms with van der Waals surface area (Å²) in [5, 5.41) is 2.48. The molecule has 1 N–H and O–H groups in total. The van der Waals surface area contributed by atoms with E-state index in [4.69, 9.17) is 0 Å². The maximum Gasteiger partial charge on any atom is 0.325 e. The Morgan fingerprint density at radius 3 is 2.69 bits per heavy atom. The van der Waals surface area contributed by atoms with Gasteiger partial charge in [-0.2, -0.15) is 0 Å². The Morgan fingerprint density at radius 2 is 2.19 bits per heavy atom. The first-order valence-corrected chi connectivity index (χ1v) is 6.83. The van der Waals surface area contributed by atoms with Crippen LogP contribution in [0.5, 0.6) is 0 Å². The van der Waals surface area contributed by atoms with Gasteiger partial charge in [-0.15, -0.1) is 11.3 Å². The van der Waals surface area contributed by atoms with Gasteiger partial charge in [0.2, 0.25) is 0 Å². The normalized spacial score (nSPS) is 9.94. The monoisotopic (exact) mass is 369 g/mol. The molecule has 0 radical (unpaired) electrons. The van der Waals surface area contributed by atoms with Crippen LogP contribution in [0.25, 0.3) is 0 Å². The summed E-state index contributed by atoms with van der Waals surface area (Å²) in [6.45, 7) is 1.91. The average Bonchev–Trinajstić information content (AvgIpc) is 2.56. The van der Waals surface area contributed by atoms with Gasteiger partial charge in [-0.3, -0.25) is 9.59 Å². The summed E-state index contributed by atoms with van der Waals surface area (Å²) in [7, 11) is 0. The second-order valence-corrected chi connectivity index (χ2v) is 5.94. The quantitative estimate of drug-likeness (QED) is 0.828. The third-order valence-corrected chi connectivity index (χ3v) is 4.82. The van der Waals surface area contributed by atoms with Crippen LogP contribution in [0.15, 0.2) is 14.3 Å². The van der Waals surface area contributed by atoms with Crippen molar-refractivity contribution in [3.05, 3.63) is 19.2 Å². The van der Waals surface area contributed by atoms with Crippen LogP contribution in [0.2, 0.25) is 0 Å². The Kier molecular flexibility index (Phi) is 5.43. The van der Waals surface area contributed by atoms with Crippen LogP contribution < -0.4 is 5.32 Å². The predicted octanol–water partition coefficient (Wildman–Crippen LogP) is 2.57. The lowest BCUT2D eigenvalue weighted by molar-refractivity contribution is -0.141. The molecule has 0 atom stereocenters. The minimum atomic E-state index is -0.439. The molecule has 16 heavy (non-hydrogen) atoms. The molecule has 0 aliphatic heterocycles. The molecule has 0 unspecified atom stereocenters. The Hall–Kier alpha value is -0.400. The van der Waals surface area contributed by atoms with E-state index in [9.17, 15) is 9.59 Å². The van der Waals surface area contributed by atoms with Gasteiger partial charge in [0.1, 0.15) is 6.54 Å². The molecule has 1 heterocycles. The van der Waals surface area contributed by atoms with E-state index in [-0.39, 0.29) is 12.5 Å². The number of hydrogen-bond donors (Lipinski definition) is 1. The molecule has 1 amide bonds. The molecule has 0 spiro atoms. The van der Waals surface area contributed by atoms with Crippen molar-refractivity contribution >= 4 is 55.1 Å². The second kappa shape index (κ2) is 6.36. The summed E-state index contributed by atoms with van der Waals surface area (Å²) in [5.74, 6) is -0.727. The summed E-state index contributed by atoms with van der Waals surface area (Å²) in [6, 6.07) is 1.69. The van der Waals surface area contributed by atoms with Gasteiger partial charge < -0.3 is 10.1 Å². The van der Waals surface area contributed by atoms with E-state index in [0.717, 1.165) is 8.26 Å². The van der Waals surface area contributed by atoms with Crippen molar-refractivity contribution in [1.29, 1.82) is 0 Å². The molecule has 1 aromatic heterocycles. The molecular formula is C9H9Br2NO3S. The number of carbonyl (C=O) groups is 2. The highest BCUT2D eigenvalue weighted by molar-refractivity contribution is 9.13. The SMILES string of the molecule is CCOC(=O)CNC(=O)c1cc(Br)c(Br)s1. The molecule has 1 aromatic rings. The highest BCUT2D eigenvalue weighted by Gasteiger charge is 2.13. The Morgan fingerprint density at radius 1 is 1.50 bits per heavy atom. The number of rotatable bonds is 4. The molecule has 0 aliphatic rings. The van der Waals surface area contributed by atoms with Crippen LogP contribution in [0.3, 0.4) is 0 Å². The summed E-state index contributed by atoms with van der Waals surface area (Å²) in [5.41, 5.74) is 0. The molecule has 0 bridgehead atoms. The summed E-state index contributed by atoms with van der Waals surface area (Å²) in [6.07, 6.45) is 0. The van der Waals surface area contributed by atoms with E-state index in [1.54, 1.807) is 13.0 Å². The summed E-state index contributed by atoms with van der Waals surface area (Å²) < 4.78 is 6.35. The topological polar surface area (TPSA) is 55.4 Å². The number of hydrogen-bond acceptors (Lipinski definition) is 4. The molecule has 0 aliphatic carbocycles. The van der Waals surface area contributed by atoms with Gasteiger partial charge in [0.25, 0.3) is 5.91 Å². The lowest BCUT2D eigenvalue weighted by atomic mass is 10.4. The molecule has 0 fully saturated rings. The smallest absolute Gasteiger partial charge is 0.325 e. The molecule has 1 rings (SSSR count). The van der Waals surface area contributed by atoms with Crippen LogP contribution in [-0.2, 0) is 9.53 Å². The fourth-order valence-electron chi connectivity index (χ4n) is 0.910. The Labute approximate surface area is 114 Å². The van der Waals surface area contributed by atoms with Gasteiger partial charge in [-0.05, 0) is 44.8 Å². The largest absolute Gasteiger partial charge is 0.465 e. The third-order valence-electron chi connectivity index (χ3n) is 1.57. The predicted molar refractivity (Wildman–Crippen MR) is 68.7 cm³/mol. The first kappa shape index (κ1) is 13.7. The maximum atomic E-state index is 11.6. The highest BCUT2D eigenvalue weighted by Crippen LogP contribution is 2.32. The highest BCUT2D eigenvalue weighted by atomic mass is 79.9. The van der Waals surface area contributed by atoms with Crippen molar-refractivity contribution in [1.82, 2.24) is 5.32 Å². The van der Waals surface area contributed by atoms with Crippen LogP contribution in [-0.4, -0.2) is 25.0 Å². The molecule has 0 saturated heterocycles. The van der Waals surface area contributed by atoms with E-state index in [1.807, 2.05) is 0 Å². The van der Waals surface area contributed by atoms with Gasteiger partial charge in [0, 0.05) is 4.47 Å². The molecular weight excluding hydrogens is 362 g/mol. The van der Waals surface area contributed by atoms with Gasteiger partial charge in [-0.1, -0.05) is 0 Å². The van der Waals surface area contributed by atoms with Crippen LogP contribution in [0, 0.1) is 0 Å². The lowest BCUT2D eigenvalue weighted by Crippen LogP contribution is -2.30. The van der Waals surface area contributed by atoms with E-state index in [1.165, 1.54) is 11.3 Å². The fraction of sp³-hybridized carbons (Fsp3) is 0.333. The molecule has 0 saturated carbocycles. The van der Waals surface area contributed by atoms with Crippen molar-refractivity contribution < 1.29 is 14.3 Å². The summed E-state index contributed by atoms with van der Waals surface area (Å²) >= 11 is 7.86. The lowest BCUT2D eigenvalue weighted by Gasteiger charge is -2.02. The average molecular weight is 371 g/mol. The molecule has 0 aromatic carbocycles. The maximum absolute atomic E-state index is 11.6. The first-order chi connectivity index (χ1) is 7.54. The van der Waals surface area contributed by atoms with Crippen molar-refractivity contribution in [3.8, 4) is 0 Å². The third kappa shape index (κ3) is 3.88. The van der Waals surface area contributed by atoms with Gasteiger partial charge >= 0.3 is 5.97 Å². The van der Waals surface area contributed by atoms with E-state index >= 15 is 0 Å². The Bertz CT molecular complexity index is 386. The van der Waals surface area contributed by atoms with Crippen LogP contribution in [0.1, 0.15) is 16.6 Å². The minimum absolute atomic E-state index is 0.111. The van der Waals surface area contributed by atoms with E-state index < -0.39 is 5.97 Å². The fourth-order valence-corrected chi connectivity index (χ4v) is 2.86.